The fraction of sp³-hybridized carbons (Fsp3) is 0.176. The molecular weight excluding hydrogens is 358 g/mol. The van der Waals surface area contributed by atoms with Crippen molar-refractivity contribution < 1.29 is 9.59 Å². The van der Waals surface area contributed by atoms with Gasteiger partial charge in [0.05, 0.1) is 0 Å². The van der Waals surface area contributed by atoms with E-state index in [4.69, 9.17) is 5.73 Å². The summed E-state index contributed by atoms with van der Waals surface area (Å²) in [6.07, 6.45) is 1.10. The van der Waals surface area contributed by atoms with Crippen LogP contribution in [0.5, 0.6) is 0 Å². The molecule has 0 bridgehead atoms. The Kier molecular flexibility index (Phi) is 6.17. The first-order chi connectivity index (χ1) is 11.0. The third-order valence-corrected chi connectivity index (χ3v) is 4.04. The number of nitrogens with two attached hydrogens (primary N) is 1. The van der Waals surface area contributed by atoms with Gasteiger partial charge in [0.25, 0.3) is 0 Å². The number of amides is 3. The Morgan fingerprint density at radius 1 is 1.09 bits per heavy atom. The SMILES string of the molecule is NC(=O)Nc1cccc(CNC(=O)CCc2ccccc2Br)c1. The maximum Gasteiger partial charge on any atom is 0.316 e. The summed E-state index contributed by atoms with van der Waals surface area (Å²) >= 11 is 3.47. The minimum Gasteiger partial charge on any atom is -0.352 e. The van der Waals surface area contributed by atoms with E-state index in [9.17, 15) is 9.59 Å². The zero-order valence-corrected chi connectivity index (χ0v) is 14.1. The van der Waals surface area contributed by atoms with Crippen LogP contribution in [0.1, 0.15) is 17.5 Å². The molecule has 0 aromatic heterocycles. The van der Waals surface area contributed by atoms with Crippen molar-refractivity contribution in [3.05, 3.63) is 64.1 Å². The van der Waals surface area contributed by atoms with Gasteiger partial charge in [0.1, 0.15) is 0 Å². The summed E-state index contributed by atoms with van der Waals surface area (Å²) in [7, 11) is 0. The average molecular weight is 376 g/mol. The van der Waals surface area contributed by atoms with Crippen molar-refractivity contribution in [1.82, 2.24) is 5.32 Å². The summed E-state index contributed by atoms with van der Waals surface area (Å²) in [4.78, 5) is 22.8. The van der Waals surface area contributed by atoms with Crippen molar-refractivity contribution in [2.45, 2.75) is 19.4 Å². The van der Waals surface area contributed by atoms with Gasteiger partial charge < -0.3 is 16.4 Å². The van der Waals surface area contributed by atoms with E-state index in [1.165, 1.54) is 0 Å². The number of primary amides is 1. The first kappa shape index (κ1) is 17.0. The van der Waals surface area contributed by atoms with Crippen LogP contribution in [-0.4, -0.2) is 11.9 Å². The molecule has 0 fully saturated rings. The van der Waals surface area contributed by atoms with E-state index >= 15 is 0 Å². The summed E-state index contributed by atoms with van der Waals surface area (Å²) in [6, 6.07) is 14.4. The van der Waals surface area contributed by atoms with Crippen molar-refractivity contribution in [2.24, 2.45) is 5.73 Å². The third-order valence-electron chi connectivity index (χ3n) is 3.26. The van der Waals surface area contributed by atoms with Crippen molar-refractivity contribution in [1.29, 1.82) is 0 Å². The van der Waals surface area contributed by atoms with Gasteiger partial charge in [-0.3, -0.25) is 4.79 Å². The highest BCUT2D eigenvalue weighted by Crippen LogP contribution is 2.17. The minimum atomic E-state index is -0.611. The number of rotatable bonds is 6. The van der Waals surface area contributed by atoms with Gasteiger partial charge in [-0.1, -0.05) is 46.3 Å². The van der Waals surface area contributed by atoms with Gasteiger partial charge in [-0.15, -0.1) is 0 Å². The van der Waals surface area contributed by atoms with Gasteiger partial charge in [0, 0.05) is 23.1 Å². The van der Waals surface area contributed by atoms with Gasteiger partial charge in [0.2, 0.25) is 5.91 Å². The van der Waals surface area contributed by atoms with E-state index in [-0.39, 0.29) is 5.91 Å². The van der Waals surface area contributed by atoms with Gasteiger partial charge in [-0.25, -0.2) is 4.79 Å². The van der Waals surface area contributed by atoms with Crippen LogP contribution in [0.25, 0.3) is 0 Å². The number of anilines is 1. The minimum absolute atomic E-state index is 0.0194. The van der Waals surface area contributed by atoms with Crippen LogP contribution >= 0.6 is 15.9 Å². The molecule has 2 aromatic rings. The van der Waals surface area contributed by atoms with E-state index in [1.54, 1.807) is 18.2 Å². The summed E-state index contributed by atoms with van der Waals surface area (Å²) in [6.45, 7) is 0.406. The molecule has 0 heterocycles. The lowest BCUT2D eigenvalue weighted by Crippen LogP contribution is -2.23. The van der Waals surface area contributed by atoms with Crippen molar-refractivity contribution in [2.75, 3.05) is 5.32 Å². The predicted molar refractivity (Wildman–Crippen MR) is 94.0 cm³/mol. The highest BCUT2D eigenvalue weighted by molar-refractivity contribution is 9.10. The summed E-state index contributed by atoms with van der Waals surface area (Å²) in [5, 5.41) is 5.38. The Morgan fingerprint density at radius 2 is 1.87 bits per heavy atom. The van der Waals surface area contributed by atoms with Gasteiger partial charge in [-0.05, 0) is 35.7 Å². The molecule has 0 atom stereocenters. The van der Waals surface area contributed by atoms with Crippen LogP contribution in [0.15, 0.2) is 53.0 Å². The molecule has 23 heavy (non-hydrogen) atoms. The number of hydrogen-bond acceptors (Lipinski definition) is 2. The molecule has 0 saturated heterocycles. The van der Waals surface area contributed by atoms with Crippen LogP contribution in [0.2, 0.25) is 0 Å². The lowest BCUT2D eigenvalue weighted by Gasteiger charge is -2.08. The van der Waals surface area contributed by atoms with Crippen molar-refractivity contribution in [3.8, 4) is 0 Å². The standard InChI is InChI=1S/C17H18BrN3O2/c18-15-7-2-1-5-13(15)8-9-16(22)20-11-12-4-3-6-14(10-12)21-17(19)23/h1-7,10H,8-9,11H2,(H,20,22)(H3,19,21,23). The number of carbonyl (C=O) groups excluding carboxylic acids is 2. The molecule has 0 aliphatic carbocycles. The monoisotopic (exact) mass is 375 g/mol. The fourth-order valence-corrected chi connectivity index (χ4v) is 2.62. The molecule has 0 aliphatic rings. The summed E-state index contributed by atoms with van der Waals surface area (Å²) in [5.41, 5.74) is 7.69. The van der Waals surface area contributed by atoms with Crippen molar-refractivity contribution >= 4 is 33.6 Å². The van der Waals surface area contributed by atoms with E-state index in [2.05, 4.69) is 26.6 Å². The Labute approximate surface area is 143 Å². The number of nitrogens with one attached hydrogen (secondary N) is 2. The lowest BCUT2D eigenvalue weighted by molar-refractivity contribution is -0.121. The van der Waals surface area contributed by atoms with E-state index in [0.29, 0.717) is 25.1 Å². The van der Waals surface area contributed by atoms with E-state index in [0.717, 1.165) is 15.6 Å². The second-order valence-corrected chi connectivity index (χ2v) is 5.91. The number of carbonyl (C=O) groups is 2. The van der Waals surface area contributed by atoms with Crippen LogP contribution in [0.3, 0.4) is 0 Å². The third kappa shape index (κ3) is 5.75. The molecule has 0 aliphatic heterocycles. The molecule has 0 saturated carbocycles. The Bertz CT molecular complexity index is 704. The van der Waals surface area contributed by atoms with Crippen LogP contribution < -0.4 is 16.4 Å². The van der Waals surface area contributed by atoms with Gasteiger partial charge >= 0.3 is 6.03 Å². The van der Waals surface area contributed by atoms with Gasteiger partial charge in [0.15, 0.2) is 0 Å². The fourth-order valence-electron chi connectivity index (χ4n) is 2.14. The maximum absolute atomic E-state index is 11.9. The molecule has 6 heteroatoms. The maximum atomic E-state index is 11.9. The van der Waals surface area contributed by atoms with E-state index < -0.39 is 6.03 Å². The number of aryl methyl sites for hydroxylation is 1. The molecule has 0 radical (unpaired) electrons. The van der Waals surface area contributed by atoms with Crippen LogP contribution in [0.4, 0.5) is 10.5 Å². The quantitative estimate of drug-likeness (QED) is 0.724. The summed E-state index contributed by atoms with van der Waals surface area (Å²) in [5.74, 6) is -0.0194. The van der Waals surface area contributed by atoms with E-state index in [1.807, 2.05) is 30.3 Å². The lowest BCUT2D eigenvalue weighted by atomic mass is 10.1. The predicted octanol–water partition coefficient (Wildman–Crippen LogP) is 3.19. The molecule has 4 N–H and O–H groups in total. The Hall–Kier alpha value is -2.34. The molecule has 5 nitrogen and oxygen atoms in total. The van der Waals surface area contributed by atoms with Crippen molar-refractivity contribution in [3.63, 3.8) is 0 Å². The first-order valence-corrected chi connectivity index (χ1v) is 7.99. The second kappa shape index (κ2) is 8.33. The van der Waals surface area contributed by atoms with Gasteiger partial charge in [-0.2, -0.15) is 0 Å². The number of hydrogen-bond donors (Lipinski definition) is 3. The zero-order chi connectivity index (χ0) is 16.7. The van der Waals surface area contributed by atoms with Crippen LogP contribution in [0, 0.1) is 0 Å². The number of urea groups is 1. The molecule has 0 spiro atoms. The molecule has 2 aromatic carbocycles. The molecule has 120 valence electrons. The second-order valence-electron chi connectivity index (χ2n) is 5.06. The first-order valence-electron chi connectivity index (χ1n) is 7.20. The molecule has 2 rings (SSSR count). The average Bonchev–Trinajstić information content (AvgIpc) is 2.52. The molecule has 3 amide bonds. The number of benzene rings is 2. The Balaban J connectivity index is 1.82. The largest absolute Gasteiger partial charge is 0.352 e. The molecular formula is C17H18BrN3O2. The molecule has 0 unspecified atom stereocenters. The van der Waals surface area contributed by atoms with Crippen LogP contribution in [-0.2, 0) is 17.8 Å². The highest BCUT2D eigenvalue weighted by Gasteiger charge is 2.05. The number of halogens is 1. The smallest absolute Gasteiger partial charge is 0.316 e. The Morgan fingerprint density at radius 3 is 2.61 bits per heavy atom. The zero-order valence-electron chi connectivity index (χ0n) is 12.5. The highest BCUT2D eigenvalue weighted by atomic mass is 79.9. The topological polar surface area (TPSA) is 84.2 Å². The normalized spacial score (nSPS) is 10.1. The summed E-state index contributed by atoms with van der Waals surface area (Å²) < 4.78 is 1.01.